The van der Waals surface area contributed by atoms with Crippen LogP contribution in [0, 0.1) is 0 Å². The number of alkyl halides is 1. The zero-order valence-electron chi connectivity index (χ0n) is 10.3. The number of ether oxygens (including phenoxy) is 2. The summed E-state index contributed by atoms with van der Waals surface area (Å²) in [7, 11) is 0. The monoisotopic (exact) mass is 299 g/mol. The van der Waals surface area contributed by atoms with Gasteiger partial charge in [-0.15, -0.1) is 23.4 Å². The molecule has 6 heteroatoms. The molecule has 1 aromatic carbocycles. The lowest BCUT2D eigenvalue weighted by Crippen LogP contribution is -2.31. The number of carbonyl (C=O) groups is 1. The SMILES string of the molecule is O=C(CCl)N1CCSC1c1ccc2c(c1)OCCO2. The quantitative estimate of drug-likeness (QED) is 0.785. The molecule has 102 valence electrons. The van der Waals surface area contributed by atoms with E-state index in [1.54, 1.807) is 11.8 Å². The average Bonchev–Trinajstić information content (AvgIpc) is 2.95. The lowest BCUT2D eigenvalue weighted by Gasteiger charge is -2.25. The molecule has 0 bridgehead atoms. The predicted molar refractivity (Wildman–Crippen MR) is 75.1 cm³/mol. The van der Waals surface area contributed by atoms with Gasteiger partial charge >= 0.3 is 0 Å². The van der Waals surface area contributed by atoms with Crippen LogP contribution in [-0.4, -0.2) is 42.2 Å². The lowest BCUT2D eigenvalue weighted by molar-refractivity contribution is -0.128. The second-order valence-corrected chi connectivity index (χ2v) is 5.80. The Morgan fingerprint density at radius 2 is 2.16 bits per heavy atom. The van der Waals surface area contributed by atoms with Gasteiger partial charge in [-0.2, -0.15) is 0 Å². The number of carbonyl (C=O) groups excluding carboxylic acids is 1. The molecular weight excluding hydrogens is 286 g/mol. The van der Waals surface area contributed by atoms with Crippen molar-refractivity contribution in [3.05, 3.63) is 23.8 Å². The third kappa shape index (κ3) is 2.49. The fraction of sp³-hybridized carbons (Fsp3) is 0.462. The number of hydrogen-bond donors (Lipinski definition) is 0. The van der Waals surface area contributed by atoms with E-state index >= 15 is 0 Å². The molecule has 0 aliphatic carbocycles. The lowest BCUT2D eigenvalue weighted by atomic mass is 10.1. The van der Waals surface area contributed by atoms with Crippen LogP contribution in [0.1, 0.15) is 10.9 Å². The van der Waals surface area contributed by atoms with Crippen molar-refractivity contribution < 1.29 is 14.3 Å². The highest BCUT2D eigenvalue weighted by Crippen LogP contribution is 2.41. The van der Waals surface area contributed by atoms with Gasteiger partial charge < -0.3 is 14.4 Å². The maximum Gasteiger partial charge on any atom is 0.238 e. The Bertz CT molecular complexity index is 497. The van der Waals surface area contributed by atoms with E-state index in [9.17, 15) is 4.79 Å². The molecule has 2 heterocycles. The predicted octanol–water partition coefficient (Wildman–Crippen LogP) is 2.27. The molecule has 1 saturated heterocycles. The largest absolute Gasteiger partial charge is 0.486 e. The summed E-state index contributed by atoms with van der Waals surface area (Å²) >= 11 is 7.40. The van der Waals surface area contributed by atoms with E-state index in [4.69, 9.17) is 21.1 Å². The minimum absolute atomic E-state index is 0.0217. The number of fused-ring (bicyclic) bond motifs is 1. The number of rotatable bonds is 2. The summed E-state index contributed by atoms with van der Waals surface area (Å²) in [4.78, 5) is 13.6. The van der Waals surface area contributed by atoms with Crippen molar-refractivity contribution in [2.45, 2.75) is 5.37 Å². The van der Waals surface area contributed by atoms with Crippen LogP contribution >= 0.6 is 23.4 Å². The number of nitrogens with zero attached hydrogens (tertiary/aromatic N) is 1. The number of thioether (sulfide) groups is 1. The van der Waals surface area contributed by atoms with E-state index in [1.807, 2.05) is 23.1 Å². The van der Waals surface area contributed by atoms with Crippen LogP contribution in [0.15, 0.2) is 18.2 Å². The normalized spacial score (nSPS) is 21.5. The zero-order valence-corrected chi connectivity index (χ0v) is 11.9. The first-order chi connectivity index (χ1) is 9.29. The molecule has 3 rings (SSSR count). The average molecular weight is 300 g/mol. The molecule has 0 aromatic heterocycles. The molecule has 1 aromatic rings. The summed E-state index contributed by atoms with van der Waals surface area (Å²) in [5.74, 6) is 2.47. The maximum absolute atomic E-state index is 11.8. The van der Waals surface area contributed by atoms with Gasteiger partial charge in [0, 0.05) is 12.3 Å². The van der Waals surface area contributed by atoms with Gasteiger partial charge in [0.2, 0.25) is 5.91 Å². The second kappa shape index (κ2) is 5.51. The van der Waals surface area contributed by atoms with Crippen LogP contribution in [0.5, 0.6) is 11.5 Å². The van der Waals surface area contributed by atoms with Gasteiger partial charge in [0.1, 0.15) is 24.5 Å². The summed E-state index contributed by atoms with van der Waals surface area (Å²) in [5.41, 5.74) is 1.06. The third-order valence-corrected chi connectivity index (χ3v) is 4.67. The van der Waals surface area contributed by atoms with Crippen molar-refractivity contribution in [1.29, 1.82) is 0 Å². The Morgan fingerprint density at radius 3 is 2.95 bits per heavy atom. The minimum atomic E-state index is -0.0217. The zero-order chi connectivity index (χ0) is 13.2. The van der Waals surface area contributed by atoms with Gasteiger partial charge in [0.05, 0.1) is 0 Å². The molecular formula is C13H14ClNO3S. The van der Waals surface area contributed by atoms with E-state index < -0.39 is 0 Å². The first-order valence-electron chi connectivity index (χ1n) is 6.16. The molecule has 1 atom stereocenters. The molecule has 4 nitrogen and oxygen atoms in total. The topological polar surface area (TPSA) is 38.8 Å². The van der Waals surface area contributed by atoms with Gasteiger partial charge in [-0.05, 0) is 17.7 Å². The summed E-state index contributed by atoms with van der Waals surface area (Å²) in [6.45, 7) is 1.90. The molecule has 0 N–H and O–H groups in total. The van der Waals surface area contributed by atoms with Crippen LogP contribution in [0.4, 0.5) is 0 Å². The molecule has 2 aliphatic rings. The van der Waals surface area contributed by atoms with Crippen LogP contribution in [0.25, 0.3) is 0 Å². The molecule has 1 amide bonds. The summed E-state index contributed by atoms with van der Waals surface area (Å²) in [5, 5.41) is 0.0297. The van der Waals surface area contributed by atoms with Gasteiger partial charge in [0.15, 0.2) is 11.5 Å². The second-order valence-electron chi connectivity index (χ2n) is 4.35. The summed E-state index contributed by atoms with van der Waals surface area (Å²) < 4.78 is 11.1. The number of benzene rings is 1. The summed E-state index contributed by atoms with van der Waals surface area (Å²) in [6.07, 6.45) is 0. The molecule has 1 fully saturated rings. The molecule has 0 radical (unpaired) electrons. The highest BCUT2D eigenvalue weighted by Gasteiger charge is 2.30. The Balaban J connectivity index is 1.87. The number of halogens is 1. The van der Waals surface area contributed by atoms with Crippen molar-refractivity contribution in [2.24, 2.45) is 0 Å². The highest BCUT2D eigenvalue weighted by molar-refractivity contribution is 7.99. The van der Waals surface area contributed by atoms with Crippen LogP contribution in [0.2, 0.25) is 0 Å². The van der Waals surface area contributed by atoms with Gasteiger partial charge in [-0.1, -0.05) is 6.07 Å². The molecule has 1 unspecified atom stereocenters. The van der Waals surface area contributed by atoms with Crippen LogP contribution in [-0.2, 0) is 4.79 Å². The molecule has 2 aliphatic heterocycles. The minimum Gasteiger partial charge on any atom is -0.486 e. The van der Waals surface area contributed by atoms with E-state index in [-0.39, 0.29) is 17.2 Å². The molecule has 0 saturated carbocycles. The Labute approximate surface area is 121 Å². The van der Waals surface area contributed by atoms with Gasteiger partial charge in [-0.3, -0.25) is 4.79 Å². The van der Waals surface area contributed by atoms with Crippen molar-refractivity contribution >= 4 is 29.3 Å². The van der Waals surface area contributed by atoms with Crippen molar-refractivity contribution in [2.75, 3.05) is 31.4 Å². The Morgan fingerprint density at radius 1 is 1.37 bits per heavy atom. The van der Waals surface area contributed by atoms with Crippen LogP contribution < -0.4 is 9.47 Å². The molecule has 19 heavy (non-hydrogen) atoms. The maximum atomic E-state index is 11.8. The van der Waals surface area contributed by atoms with E-state index in [0.29, 0.717) is 13.2 Å². The number of amides is 1. The van der Waals surface area contributed by atoms with E-state index in [2.05, 4.69) is 0 Å². The summed E-state index contributed by atoms with van der Waals surface area (Å²) in [6, 6.07) is 5.86. The molecule has 0 spiro atoms. The Hall–Kier alpha value is -1.07. The van der Waals surface area contributed by atoms with Crippen molar-refractivity contribution in [3.63, 3.8) is 0 Å². The van der Waals surface area contributed by atoms with Gasteiger partial charge in [-0.25, -0.2) is 0 Å². The van der Waals surface area contributed by atoms with E-state index in [1.165, 1.54) is 0 Å². The van der Waals surface area contributed by atoms with Crippen molar-refractivity contribution in [3.8, 4) is 11.5 Å². The smallest absolute Gasteiger partial charge is 0.238 e. The first-order valence-corrected chi connectivity index (χ1v) is 7.74. The van der Waals surface area contributed by atoms with Crippen molar-refractivity contribution in [1.82, 2.24) is 4.90 Å². The fourth-order valence-corrected chi connectivity index (χ4v) is 3.71. The number of hydrogen-bond acceptors (Lipinski definition) is 4. The first kappa shape index (κ1) is 12.9. The highest BCUT2D eigenvalue weighted by atomic mass is 35.5. The Kier molecular flexibility index (Phi) is 3.75. The van der Waals surface area contributed by atoms with E-state index in [0.717, 1.165) is 29.4 Å². The fourth-order valence-electron chi connectivity index (χ4n) is 2.29. The standard InChI is InChI=1S/C13H14ClNO3S/c14-8-12(16)15-3-6-19-13(15)9-1-2-10-11(7-9)18-5-4-17-10/h1-2,7,13H,3-6,8H2. The third-order valence-electron chi connectivity index (χ3n) is 3.18. The van der Waals surface area contributed by atoms with Crippen LogP contribution in [0.3, 0.4) is 0 Å². The van der Waals surface area contributed by atoms with Gasteiger partial charge in [0.25, 0.3) is 0 Å².